The summed E-state index contributed by atoms with van der Waals surface area (Å²) in [4.78, 5) is 11.3. The van der Waals surface area contributed by atoms with E-state index in [4.69, 9.17) is 4.98 Å². The second-order valence-electron chi connectivity index (χ2n) is 12.0. The Hall–Kier alpha value is -3.70. The molecule has 42 heavy (non-hydrogen) atoms. The minimum Gasteiger partial charge on any atom is -0.506 e. The van der Waals surface area contributed by atoms with Crippen molar-refractivity contribution in [2.45, 2.75) is 51.6 Å². The normalized spacial score (nSPS) is 14.2. The molecule has 1 aliphatic heterocycles. The zero-order chi connectivity index (χ0) is 29.3. The molecule has 3 aromatic carbocycles. The molecule has 218 valence electrons. The van der Waals surface area contributed by atoms with Gasteiger partial charge >= 0.3 is 6.18 Å². The van der Waals surface area contributed by atoms with Crippen molar-refractivity contribution in [3.63, 3.8) is 0 Å². The number of benzene rings is 3. The predicted molar refractivity (Wildman–Crippen MR) is 156 cm³/mol. The van der Waals surface area contributed by atoms with E-state index in [1.165, 1.54) is 6.07 Å². The molecule has 5 aromatic rings. The third-order valence-corrected chi connectivity index (χ3v) is 7.90. The van der Waals surface area contributed by atoms with E-state index in [1.54, 1.807) is 6.07 Å². The molecule has 0 saturated heterocycles. The summed E-state index contributed by atoms with van der Waals surface area (Å²) >= 11 is 0. The number of hydrogen-bond acceptors (Lipinski definition) is 4. The number of phenols is 1. The fraction of sp³-hybridized carbons (Fsp3) is 0.235. The van der Waals surface area contributed by atoms with Gasteiger partial charge in [-0.05, 0) is 63.7 Å². The Labute approximate surface area is 257 Å². The van der Waals surface area contributed by atoms with Gasteiger partial charge in [0.25, 0.3) is 0 Å². The first-order valence-corrected chi connectivity index (χ1v) is 13.4. The van der Waals surface area contributed by atoms with Crippen LogP contribution in [-0.4, -0.2) is 15.1 Å². The van der Waals surface area contributed by atoms with Crippen molar-refractivity contribution >= 4 is 28.1 Å². The summed E-state index contributed by atoms with van der Waals surface area (Å²) in [7, 11) is 0. The van der Waals surface area contributed by atoms with Gasteiger partial charge in [0.15, 0.2) is 0 Å². The minimum absolute atomic E-state index is 0. The summed E-state index contributed by atoms with van der Waals surface area (Å²) in [5, 5.41) is 10.3. The van der Waals surface area contributed by atoms with Gasteiger partial charge in [-0.3, -0.25) is 4.98 Å². The molecule has 3 heterocycles. The molecule has 0 fully saturated rings. The number of aromatic hydroxyl groups is 1. The number of nitrogens with zero attached hydrogens (tertiary/aromatic N) is 3. The summed E-state index contributed by atoms with van der Waals surface area (Å²) in [5.74, 6) is 0.432. The van der Waals surface area contributed by atoms with Crippen LogP contribution < -0.4 is 4.90 Å². The van der Waals surface area contributed by atoms with E-state index in [1.807, 2.05) is 36.5 Å². The average molecular weight is 748 g/mol. The molecular formula is C34H29F3N3OPt-. The number of phenolic OH excluding ortho intramolecular Hbond substituents is 1. The van der Waals surface area contributed by atoms with Crippen molar-refractivity contribution in [3.05, 3.63) is 107 Å². The van der Waals surface area contributed by atoms with Crippen LogP contribution in [0.4, 0.5) is 30.4 Å². The molecule has 0 aliphatic carbocycles. The van der Waals surface area contributed by atoms with Gasteiger partial charge in [-0.1, -0.05) is 70.5 Å². The van der Waals surface area contributed by atoms with Crippen LogP contribution in [0.25, 0.3) is 22.2 Å². The summed E-state index contributed by atoms with van der Waals surface area (Å²) < 4.78 is 40.9. The van der Waals surface area contributed by atoms with Gasteiger partial charge in [-0.15, -0.1) is 23.8 Å². The van der Waals surface area contributed by atoms with Gasteiger partial charge < -0.3 is 10.0 Å². The number of aromatic nitrogens is 2. The topological polar surface area (TPSA) is 49.2 Å². The third kappa shape index (κ3) is 4.88. The second kappa shape index (κ2) is 10.2. The number of para-hydroxylation sites is 1. The van der Waals surface area contributed by atoms with Crippen LogP contribution in [0.15, 0.2) is 79.0 Å². The van der Waals surface area contributed by atoms with E-state index in [9.17, 15) is 18.3 Å². The third-order valence-electron chi connectivity index (χ3n) is 7.90. The van der Waals surface area contributed by atoms with Crippen LogP contribution in [0.3, 0.4) is 0 Å². The molecule has 4 nitrogen and oxygen atoms in total. The van der Waals surface area contributed by atoms with Crippen molar-refractivity contribution in [1.29, 1.82) is 0 Å². The Morgan fingerprint density at radius 3 is 2.33 bits per heavy atom. The first kappa shape index (κ1) is 29.8. The van der Waals surface area contributed by atoms with Gasteiger partial charge in [0.2, 0.25) is 0 Å². The predicted octanol–water partition coefficient (Wildman–Crippen LogP) is 9.23. The maximum absolute atomic E-state index is 13.6. The van der Waals surface area contributed by atoms with Gasteiger partial charge in [0, 0.05) is 38.3 Å². The second-order valence-corrected chi connectivity index (χ2v) is 12.0. The van der Waals surface area contributed by atoms with Gasteiger partial charge in [0.05, 0.1) is 5.56 Å². The summed E-state index contributed by atoms with van der Waals surface area (Å²) in [5.41, 5.74) is 4.69. The summed E-state index contributed by atoms with van der Waals surface area (Å²) in [6.07, 6.45) is -2.76. The SMILES string of the molecule is CC(C)(C)c1ccnc(N2c3[c-]c(-c4ccc5c(C(F)(F)F)ccc(O)c5n4)ccc3C(C)(C)c3ccccc32)c1.[Pt]. The molecule has 0 spiro atoms. The summed E-state index contributed by atoms with van der Waals surface area (Å²) in [6, 6.07) is 24.6. The van der Waals surface area contributed by atoms with Crippen LogP contribution in [0.1, 0.15) is 56.9 Å². The largest absolute Gasteiger partial charge is 0.506 e. The van der Waals surface area contributed by atoms with Crippen molar-refractivity contribution in [2.75, 3.05) is 4.90 Å². The maximum atomic E-state index is 13.6. The minimum atomic E-state index is -4.57. The smallest absolute Gasteiger partial charge is 0.417 e. The van der Waals surface area contributed by atoms with Crippen LogP contribution in [0.2, 0.25) is 0 Å². The molecule has 0 amide bonds. The number of pyridine rings is 2. The molecule has 6 rings (SSSR count). The first-order valence-electron chi connectivity index (χ1n) is 13.4. The number of rotatable bonds is 2. The fourth-order valence-corrected chi connectivity index (χ4v) is 5.62. The molecule has 8 heteroatoms. The zero-order valence-corrected chi connectivity index (χ0v) is 26.0. The van der Waals surface area contributed by atoms with Crippen molar-refractivity contribution in [3.8, 4) is 17.0 Å². The molecule has 0 bridgehead atoms. The number of halogens is 3. The Morgan fingerprint density at radius 1 is 0.881 bits per heavy atom. The molecule has 2 aromatic heterocycles. The number of anilines is 3. The number of alkyl halides is 3. The van der Waals surface area contributed by atoms with Gasteiger partial charge in [-0.2, -0.15) is 13.2 Å². The average Bonchev–Trinajstić information content (AvgIpc) is 2.92. The van der Waals surface area contributed by atoms with Crippen molar-refractivity contribution in [1.82, 2.24) is 9.97 Å². The fourth-order valence-electron chi connectivity index (χ4n) is 5.62. The maximum Gasteiger partial charge on any atom is 0.417 e. The monoisotopic (exact) mass is 747 g/mol. The summed E-state index contributed by atoms with van der Waals surface area (Å²) in [6.45, 7) is 10.8. The van der Waals surface area contributed by atoms with E-state index in [2.05, 4.69) is 68.8 Å². The standard InChI is InChI=1S/C34H29F3N3O.Pt/c1-32(2,3)21-16-17-38-30(19-21)40-27-9-7-6-8-24(27)33(4,5)25-12-10-20(18-28(25)40)26-14-11-22-23(34(35,36)37)13-15-29(41)31(22)39-26;/h6-17,19,41H,1-5H3;/q-1;. The van der Waals surface area contributed by atoms with Crippen LogP contribution >= 0.6 is 0 Å². The molecule has 0 atom stereocenters. The molecular weight excluding hydrogens is 718 g/mol. The number of fused-ring (bicyclic) bond motifs is 3. The van der Waals surface area contributed by atoms with Crippen LogP contribution in [0, 0.1) is 6.07 Å². The van der Waals surface area contributed by atoms with Crippen LogP contribution in [-0.2, 0) is 38.1 Å². The Bertz CT molecular complexity index is 1830. The molecule has 0 radical (unpaired) electrons. The van der Waals surface area contributed by atoms with E-state index in [0.717, 1.165) is 46.0 Å². The van der Waals surface area contributed by atoms with Gasteiger partial charge in [0.1, 0.15) is 17.1 Å². The molecule has 1 aliphatic rings. The van der Waals surface area contributed by atoms with E-state index in [-0.39, 0.29) is 48.5 Å². The van der Waals surface area contributed by atoms with Crippen LogP contribution in [0.5, 0.6) is 5.75 Å². The van der Waals surface area contributed by atoms with Crippen molar-refractivity contribution in [2.24, 2.45) is 0 Å². The zero-order valence-electron chi connectivity index (χ0n) is 23.7. The Morgan fingerprint density at radius 2 is 1.62 bits per heavy atom. The number of hydrogen-bond donors (Lipinski definition) is 1. The molecule has 0 unspecified atom stereocenters. The quantitative estimate of drug-likeness (QED) is 0.183. The van der Waals surface area contributed by atoms with E-state index >= 15 is 0 Å². The Balaban J connectivity index is 0.00000353. The molecule has 0 saturated carbocycles. The Kier molecular flexibility index (Phi) is 7.26. The van der Waals surface area contributed by atoms with Crippen molar-refractivity contribution < 1.29 is 39.3 Å². The van der Waals surface area contributed by atoms with E-state index in [0.29, 0.717) is 11.3 Å². The van der Waals surface area contributed by atoms with Gasteiger partial charge in [-0.25, -0.2) is 4.98 Å². The first-order chi connectivity index (χ1) is 19.3. The van der Waals surface area contributed by atoms with E-state index < -0.39 is 11.7 Å². The molecule has 1 N–H and O–H groups in total.